The highest BCUT2D eigenvalue weighted by Crippen LogP contribution is 2.27. The average Bonchev–Trinajstić information content (AvgIpc) is 2.77. The first-order valence-corrected chi connectivity index (χ1v) is 6.53. The van der Waals surface area contributed by atoms with Crippen molar-refractivity contribution in [2.45, 2.75) is 6.42 Å². The predicted octanol–water partition coefficient (Wildman–Crippen LogP) is 2.78. The van der Waals surface area contributed by atoms with Gasteiger partial charge in [0.1, 0.15) is 5.75 Å². The lowest BCUT2D eigenvalue weighted by Crippen LogP contribution is -2.18. The lowest BCUT2D eigenvalue weighted by atomic mass is 10.3. The molecule has 1 aromatic heterocycles. The van der Waals surface area contributed by atoms with Crippen LogP contribution in [0.15, 0.2) is 30.6 Å². The van der Waals surface area contributed by atoms with Crippen LogP contribution in [0.5, 0.6) is 5.75 Å². The second-order valence-corrected chi connectivity index (χ2v) is 4.68. The molecule has 3 N–H and O–H groups in total. The molecule has 102 valence electrons. The highest BCUT2D eigenvalue weighted by Gasteiger charge is 2.02. The van der Waals surface area contributed by atoms with Gasteiger partial charge in [-0.3, -0.25) is 0 Å². The second kappa shape index (κ2) is 6.54. The number of nitrogens with zero attached hydrogens (tertiary/aromatic N) is 2. The van der Waals surface area contributed by atoms with Crippen molar-refractivity contribution in [3.63, 3.8) is 0 Å². The fourth-order valence-corrected chi connectivity index (χ4v) is 1.96. The van der Waals surface area contributed by atoms with Gasteiger partial charge in [0, 0.05) is 30.4 Å². The van der Waals surface area contributed by atoms with Crippen molar-refractivity contribution in [3.05, 3.63) is 40.6 Å². The first-order valence-electron chi connectivity index (χ1n) is 5.77. The van der Waals surface area contributed by atoms with E-state index in [4.69, 9.17) is 33.7 Å². The van der Waals surface area contributed by atoms with Crippen LogP contribution < -0.4 is 15.9 Å². The van der Waals surface area contributed by atoms with Crippen LogP contribution in [0.2, 0.25) is 10.0 Å². The molecule has 0 unspecified atom stereocenters. The van der Waals surface area contributed by atoms with E-state index in [2.05, 4.69) is 10.4 Å². The lowest BCUT2D eigenvalue weighted by Gasteiger charge is -2.10. The molecule has 19 heavy (non-hydrogen) atoms. The van der Waals surface area contributed by atoms with Crippen molar-refractivity contribution in [1.82, 2.24) is 9.66 Å². The molecule has 1 heterocycles. The number of benzene rings is 1. The van der Waals surface area contributed by atoms with Crippen LogP contribution in [0.4, 0.5) is 5.95 Å². The summed E-state index contributed by atoms with van der Waals surface area (Å²) in [5.74, 6) is 1.06. The van der Waals surface area contributed by atoms with E-state index < -0.39 is 0 Å². The van der Waals surface area contributed by atoms with E-state index in [-0.39, 0.29) is 0 Å². The number of hydrogen-bond donors (Lipinski definition) is 2. The maximum absolute atomic E-state index is 5.99. The molecule has 0 aliphatic rings. The van der Waals surface area contributed by atoms with Gasteiger partial charge in [0.05, 0.1) is 11.6 Å². The summed E-state index contributed by atoms with van der Waals surface area (Å²) < 4.78 is 7.22. The minimum atomic E-state index is 0.432. The van der Waals surface area contributed by atoms with Gasteiger partial charge in [0.25, 0.3) is 0 Å². The van der Waals surface area contributed by atoms with Gasteiger partial charge in [-0.15, -0.1) is 0 Å². The number of halogens is 2. The first kappa shape index (κ1) is 13.8. The van der Waals surface area contributed by atoms with Crippen molar-refractivity contribution in [3.8, 4) is 5.75 Å². The molecular weight excluding hydrogens is 287 g/mol. The molecule has 0 fully saturated rings. The van der Waals surface area contributed by atoms with E-state index in [1.165, 1.54) is 0 Å². The maximum atomic E-state index is 5.99. The van der Waals surface area contributed by atoms with Crippen LogP contribution in [0.25, 0.3) is 0 Å². The molecule has 0 saturated carbocycles. The number of nitrogens with two attached hydrogens (primary N) is 1. The zero-order valence-corrected chi connectivity index (χ0v) is 11.7. The predicted molar refractivity (Wildman–Crippen MR) is 77.4 cm³/mol. The Morgan fingerprint density at radius 2 is 2.21 bits per heavy atom. The molecule has 0 saturated heterocycles. The van der Waals surface area contributed by atoms with Crippen molar-refractivity contribution in [2.75, 3.05) is 24.3 Å². The van der Waals surface area contributed by atoms with Crippen LogP contribution in [0, 0.1) is 0 Å². The lowest BCUT2D eigenvalue weighted by molar-refractivity contribution is 0.314. The molecule has 5 nitrogen and oxygen atoms in total. The molecule has 2 rings (SSSR count). The molecule has 0 aliphatic carbocycles. The van der Waals surface area contributed by atoms with Crippen LogP contribution >= 0.6 is 23.2 Å². The van der Waals surface area contributed by atoms with E-state index in [0.717, 1.165) is 6.42 Å². The molecule has 0 radical (unpaired) electrons. The number of nitrogen functional groups attached to an aromatic ring is 1. The van der Waals surface area contributed by atoms with E-state index in [9.17, 15) is 0 Å². The summed E-state index contributed by atoms with van der Waals surface area (Å²) >= 11 is 11.8. The van der Waals surface area contributed by atoms with Gasteiger partial charge in [-0.1, -0.05) is 23.2 Å². The second-order valence-electron chi connectivity index (χ2n) is 3.84. The highest BCUT2D eigenvalue weighted by atomic mass is 35.5. The number of ether oxygens (including phenoxy) is 1. The third-order valence-corrected chi connectivity index (χ3v) is 2.95. The van der Waals surface area contributed by atoms with Crippen molar-refractivity contribution < 1.29 is 4.74 Å². The Balaban J connectivity index is 1.71. The van der Waals surface area contributed by atoms with Gasteiger partial charge in [0.2, 0.25) is 5.95 Å². The number of hydrogen-bond acceptors (Lipinski definition) is 4. The standard InChI is InChI=1S/C12H14Cl2N4O/c13-9-2-3-11(10(14)8-9)19-7-1-4-17-18-6-5-16-12(18)15/h2-3,5-6,8,17H,1,4,7H2,(H2,15,16). The normalized spacial score (nSPS) is 10.4. The Labute approximate surface area is 121 Å². The molecule has 1 aromatic carbocycles. The Hall–Kier alpha value is -1.59. The SMILES string of the molecule is Nc1nccn1NCCCOc1ccc(Cl)cc1Cl. The van der Waals surface area contributed by atoms with Gasteiger partial charge < -0.3 is 15.9 Å². The van der Waals surface area contributed by atoms with Gasteiger partial charge >= 0.3 is 0 Å². The minimum absolute atomic E-state index is 0.432. The topological polar surface area (TPSA) is 65.1 Å². The summed E-state index contributed by atoms with van der Waals surface area (Å²) in [5.41, 5.74) is 8.71. The average molecular weight is 301 g/mol. The van der Waals surface area contributed by atoms with Crippen LogP contribution in [-0.4, -0.2) is 22.8 Å². The van der Waals surface area contributed by atoms with E-state index in [0.29, 0.717) is 34.9 Å². The zero-order valence-electron chi connectivity index (χ0n) is 10.1. The Morgan fingerprint density at radius 3 is 2.89 bits per heavy atom. The fraction of sp³-hybridized carbons (Fsp3) is 0.250. The quantitative estimate of drug-likeness (QED) is 0.805. The number of anilines is 1. The smallest absolute Gasteiger partial charge is 0.219 e. The Morgan fingerprint density at radius 1 is 1.37 bits per heavy atom. The summed E-state index contributed by atoms with van der Waals surface area (Å²) in [7, 11) is 0. The number of rotatable bonds is 6. The maximum Gasteiger partial charge on any atom is 0.219 e. The molecule has 0 spiro atoms. The largest absolute Gasteiger partial charge is 0.492 e. The van der Waals surface area contributed by atoms with Gasteiger partial charge in [0.15, 0.2) is 0 Å². The molecule has 0 atom stereocenters. The van der Waals surface area contributed by atoms with Crippen molar-refractivity contribution >= 4 is 29.2 Å². The van der Waals surface area contributed by atoms with Crippen LogP contribution in [-0.2, 0) is 0 Å². The fourth-order valence-electron chi connectivity index (χ4n) is 1.49. The minimum Gasteiger partial charge on any atom is -0.492 e. The highest BCUT2D eigenvalue weighted by molar-refractivity contribution is 6.35. The number of imidazole rings is 1. The summed E-state index contributed by atoms with van der Waals surface area (Å²) in [6, 6.07) is 5.15. The monoisotopic (exact) mass is 300 g/mol. The van der Waals surface area contributed by atoms with Gasteiger partial charge in [-0.2, -0.15) is 0 Å². The van der Waals surface area contributed by atoms with E-state index >= 15 is 0 Å². The zero-order chi connectivity index (χ0) is 13.7. The van der Waals surface area contributed by atoms with E-state index in [1.54, 1.807) is 35.3 Å². The third kappa shape index (κ3) is 3.94. The summed E-state index contributed by atoms with van der Waals surface area (Å²) in [5, 5.41) is 1.11. The molecule has 2 aromatic rings. The van der Waals surface area contributed by atoms with Crippen LogP contribution in [0.1, 0.15) is 6.42 Å². The van der Waals surface area contributed by atoms with Crippen LogP contribution in [0.3, 0.4) is 0 Å². The number of aromatic nitrogens is 2. The molecule has 0 amide bonds. The van der Waals surface area contributed by atoms with Gasteiger partial charge in [-0.25, -0.2) is 9.66 Å². The van der Waals surface area contributed by atoms with E-state index in [1.807, 2.05) is 0 Å². The van der Waals surface area contributed by atoms with Crippen molar-refractivity contribution in [1.29, 1.82) is 0 Å². The van der Waals surface area contributed by atoms with Gasteiger partial charge in [-0.05, 0) is 18.2 Å². The Bertz CT molecular complexity index is 544. The summed E-state index contributed by atoms with van der Waals surface area (Å²) in [6.07, 6.45) is 4.19. The number of nitrogens with one attached hydrogen (secondary N) is 1. The first-order chi connectivity index (χ1) is 9.16. The third-order valence-electron chi connectivity index (χ3n) is 2.42. The molecule has 7 heteroatoms. The molecule has 0 aliphatic heterocycles. The van der Waals surface area contributed by atoms with Crippen molar-refractivity contribution in [2.24, 2.45) is 0 Å². The molecule has 0 bridgehead atoms. The Kier molecular flexibility index (Phi) is 4.76. The summed E-state index contributed by atoms with van der Waals surface area (Å²) in [6.45, 7) is 1.26. The summed E-state index contributed by atoms with van der Waals surface area (Å²) in [4.78, 5) is 3.90. The molecular formula is C12H14Cl2N4O.